The number of carbonyl (C=O) groups excluding carboxylic acids is 2. The number of aliphatic hydroxyl groups is 1. The molecule has 55 heavy (non-hydrogen) atoms. The zero-order valence-electron chi connectivity index (χ0n) is 35.2. The number of carbonyl (C=O) groups is 2. The van der Waals surface area contributed by atoms with Crippen molar-refractivity contribution >= 4 is 19.8 Å². The van der Waals surface area contributed by atoms with Crippen LogP contribution < -0.4 is 4.89 Å². The molecule has 3 atom stereocenters. The van der Waals surface area contributed by atoms with E-state index in [1.807, 2.05) is 45.4 Å². The van der Waals surface area contributed by atoms with Gasteiger partial charge in [-0.3, -0.25) is 14.2 Å². The predicted molar refractivity (Wildman–Crippen MR) is 223 cm³/mol. The van der Waals surface area contributed by atoms with Crippen molar-refractivity contribution in [2.45, 2.75) is 161 Å². The molecule has 0 aromatic heterocycles. The average Bonchev–Trinajstić information content (AvgIpc) is 3.12. The van der Waals surface area contributed by atoms with Gasteiger partial charge in [0.25, 0.3) is 7.82 Å². The molecule has 0 aliphatic heterocycles. The molecule has 0 saturated heterocycles. The highest BCUT2D eigenvalue weighted by molar-refractivity contribution is 7.45. The summed E-state index contributed by atoms with van der Waals surface area (Å²) in [5, 5.41) is 9.88. The summed E-state index contributed by atoms with van der Waals surface area (Å²) in [6, 6.07) is 0. The van der Waals surface area contributed by atoms with E-state index in [-0.39, 0.29) is 26.1 Å². The molecule has 10 nitrogen and oxygen atoms in total. The van der Waals surface area contributed by atoms with E-state index in [1.54, 1.807) is 6.08 Å². The lowest BCUT2D eigenvalue weighted by molar-refractivity contribution is -0.870. The number of unbranched alkanes of at least 4 members (excludes halogenated alkanes) is 13. The summed E-state index contributed by atoms with van der Waals surface area (Å²) in [5.74, 6) is -0.910. The highest BCUT2D eigenvalue weighted by atomic mass is 31.2. The van der Waals surface area contributed by atoms with Gasteiger partial charge in [0.15, 0.2) is 6.10 Å². The summed E-state index contributed by atoms with van der Waals surface area (Å²) in [7, 11) is 1.10. The van der Waals surface area contributed by atoms with Gasteiger partial charge < -0.3 is 33.0 Å². The molecule has 0 aliphatic carbocycles. The zero-order chi connectivity index (χ0) is 40.9. The molecular weight excluding hydrogens is 717 g/mol. The van der Waals surface area contributed by atoms with Crippen LogP contribution in [0.3, 0.4) is 0 Å². The number of allylic oxidation sites excluding steroid dienone is 8. The van der Waals surface area contributed by atoms with Gasteiger partial charge in [0.05, 0.1) is 33.9 Å². The fourth-order valence-corrected chi connectivity index (χ4v) is 5.98. The Balaban J connectivity index is 4.49. The minimum Gasteiger partial charge on any atom is -0.756 e. The second kappa shape index (κ2) is 36.0. The normalized spacial score (nSPS) is 14.8. The van der Waals surface area contributed by atoms with Crippen molar-refractivity contribution in [3.8, 4) is 0 Å². The van der Waals surface area contributed by atoms with Crippen molar-refractivity contribution in [3.05, 3.63) is 60.8 Å². The van der Waals surface area contributed by atoms with E-state index in [1.165, 1.54) is 25.7 Å². The Hall–Kier alpha value is -2.33. The molecule has 0 bridgehead atoms. The van der Waals surface area contributed by atoms with Crippen molar-refractivity contribution in [1.82, 2.24) is 0 Å². The molecule has 0 radical (unpaired) electrons. The van der Waals surface area contributed by atoms with Crippen molar-refractivity contribution < 1.29 is 47.2 Å². The quantitative estimate of drug-likeness (QED) is 0.0163. The van der Waals surface area contributed by atoms with E-state index in [0.29, 0.717) is 30.3 Å². The maximum Gasteiger partial charge on any atom is 0.306 e. The molecule has 0 aromatic carbocycles. The van der Waals surface area contributed by atoms with Gasteiger partial charge in [0.2, 0.25) is 0 Å². The van der Waals surface area contributed by atoms with Gasteiger partial charge in [-0.25, -0.2) is 0 Å². The van der Waals surface area contributed by atoms with Gasteiger partial charge >= 0.3 is 11.9 Å². The van der Waals surface area contributed by atoms with Crippen LogP contribution in [-0.4, -0.2) is 81.2 Å². The van der Waals surface area contributed by atoms with Gasteiger partial charge in [-0.05, 0) is 70.6 Å². The number of esters is 2. The largest absolute Gasteiger partial charge is 0.756 e. The molecule has 0 aromatic rings. The monoisotopic (exact) mass is 796 g/mol. The van der Waals surface area contributed by atoms with Gasteiger partial charge in [-0.1, -0.05) is 126 Å². The number of nitrogens with zero attached hydrogens (tertiary/aromatic N) is 1. The summed E-state index contributed by atoms with van der Waals surface area (Å²) in [5.41, 5.74) is 0. The van der Waals surface area contributed by atoms with E-state index >= 15 is 0 Å². The van der Waals surface area contributed by atoms with Crippen molar-refractivity contribution in [2.75, 3.05) is 47.5 Å². The summed E-state index contributed by atoms with van der Waals surface area (Å²) in [6.07, 6.45) is 38.6. The summed E-state index contributed by atoms with van der Waals surface area (Å²) < 4.78 is 33.8. The number of ether oxygens (including phenoxy) is 2. The highest BCUT2D eigenvalue weighted by Crippen LogP contribution is 2.38. The first kappa shape index (κ1) is 52.7. The van der Waals surface area contributed by atoms with Crippen LogP contribution in [0.25, 0.3) is 0 Å². The molecule has 0 fully saturated rings. The fraction of sp³-hybridized carbons (Fsp3) is 0.727. The van der Waals surface area contributed by atoms with Gasteiger partial charge in [-0.15, -0.1) is 0 Å². The van der Waals surface area contributed by atoms with E-state index < -0.39 is 38.6 Å². The van der Waals surface area contributed by atoms with E-state index in [9.17, 15) is 24.2 Å². The van der Waals surface area contributed by atoms with Crippen LogP contribution in [0.4, 0.5) is 0 Å². The fourth-order valence-electron chi connectivity index (χ4n) is 5.25. The third-order valence-corrected chi connectivity index (χ3v) is 9.57. The second-order valence-corrected chi connectivity index (χ2v) is 16.6. The van der Waals surface area contributed by atoms with Crippen LogP contribution in [0.2, 0.25) is 0 Å². The molecule has 0 heterocycles. The predicted octanol–water partition coefficient (Wildman–Crippen LogP) is 10.0. The molecule has 0 saturated carbocycles. The molecular formula is C44H78NO9P. The van der Waals surface area contributed by atoms with E-state index in [4.69, 9.17) is 18.5 Å². The van der Waals surface area contributed by atoms with Crippen LogP contribution in [0.5, 0.6) is 0 Å². The van der Waals surface area contributed by atoms with Crippen molar-refractivity contribution in [1.29, 1.82) is 0 Å². The number of likely N-dealkylation sites (N-methyl/N-ethyl adjacent to an activating group) is 1. The van der Waals surface area contributed by atoms with Crippen LogP contribution in [0.1, 0.15) is 149 Å². The Bertz CT molecular complexity index is 1140. The van der Waals surface area contributed by atoms with Crippen LogP contribution in [-0.2, 0) is 32.7 Å². The number of phosphoric acid groups is 1. The Labute approximate surface area is 335 Å². The lowest BCUT2D eigenvalue weighted by Crippen LogP contribution is -2.37. The smallest absolute Gasteiger partial charge is 0.306 e. The number of phosphoric ester groups is 1. The lowest BCUT2D eigenvalue weighted by atomic mass is 10.1. The maximum absolute atomic E-state index is 12.6. The second-order valence-electron chi connectivity index (χ2n) is 15.2. The van der Waals surface area contributed by atoms with Crippen LogP contribution in [0, 0.1) is 0 Å². The lowest BCUT2D eigenvalue weighted by Gasteiger charge is -2.28. The van der Waals surface area contributed by atoms with Gasteiger partial charge in [-0.2, -0.15) is 0 Å². The Morgan fingerprint density at radius 1 is 0.691 bits per heavy atom. The number of quaternary nitrogens is 1. The van der Waals surface area contributed by atoms with Crippen LogP contribution >= 0.6 is 7.82 Å². The minimum atomic E-state index is -4.65. The highest BCUT2D eigenvalue weighted by Gasteiger charge is 2.21. The molecule has 0 rings (SSSR count). The van der Waals surface area contributed by atoms with Crippen molar-refractivity contribution in [2.24, 2.45) is 0 Å². The average molecular weight is 796 g/mol. The number of hydrogen-bond donors (Lipinski definition) is 1. The molecule has 0 aliphatic rings. The van der Waals surface area contributed by atoms with Gasteiger partial charge in [0.1, 0.15) is 19.8 Å². The molecule has 2 unspecified atom stereocenters. The van der Waals surface area contributed by atoms with Crippen molar-refractivity contribution in [3.63, 3.8) is 0 Å². The molecule has 11 heteroatoms. The number of rotatable bonds is 37. The molecule has 318 valence electrons. The Kier molecular flexibility index (Phi) is 34.5. The first-order valence-corrected chi connectivity index (χ1v) is 22.6. The standard InChI is InChI=1S/C44H78NO9P/c1-6-8-10-11-12-13-14-15-16-17-18-21-24-27-31-35-43(47)51-39-42(40-53-55(49,50)52-38-37-45(3,4)5)54-44(48)36-32-28-25-22-19-20-23-26-30-34-41(46)33-29-9-7-2/h9,12-13,15-16,23,26,29-30,34,41-42,46H,6-8,10-11,14,17-22,24-25,27-28,31-33,35-40H2,1-5H3/b13-12-,16-15-,26-23+,29-9+,34-30+/t41?,42-/m1/s1. The topological polar surface area (TPSA) is 131 Å². The summed E-state index contributed by atoms with van der Waals surface area (Å²) in [6.45, 7) is 3.91. The van der Waals surface area contributed by atoms with Gasteiger partial charge in [0, 0.05) is 12.8 Å². The van der Waals surface area contributed by atoms with E-state index in [2.05, 4.69) is 44.2 Å². The molecule has 1 N–H and O–H groups in total. The first-order chi connectivity index (χ1) is 26.4. The third-order valence-electron chi connectivity index (χ3n) is 8.60. The zero-order valence-corrected chi connectivity index (χ0v) is 36.1. The van der Waals surface area contributed by atoms with Crippen LogP contribution in [0.15, 0.2) is 60.8 Å². The summed E-state index contributed by atoms with van der Waals surface area (Å²) in [4.78, 5) is 37.5. The SMILES string of the molecule is CC/C=C/CC(O)/C=C/C=C/CCCCCCCC(=O)O[C@H](COC(=O)CCCCCCC/C=C\C/C=C\CCCCC)COP(=O)([O-])OCC[N+](C)(C)C. The first-order valence-electron chi connectivity index (χ1n) is 21.1. The third kappa shape index (κ3) is 39.7. The Morgan fingerprint density at radius 2 is 1.27 bits per heavy atom. The number of hydrogen-bond acceptors (Lipinski definition) is 9. The summed E-state index contributed by atoms with van der Waals surface area (Å²) >= 11 is 0. The molecule has 0 amide bonds. The number of aliphatic hydroxyl groups excluding tert-OH is 1. The van der Waals surface area contributed by atoms with E-state index in [0.717, 1.165) is 77.0 Å². The Morgan fingerprint density at radius 3 is 1.89 bits per heavy atom. The molecule has 0 spiro atoms. The maximum atomic E-state index is 12.6. The minimum absolute atomic E-state index is 0.0497.